The van der Waals surface area contributed by atoms with E-state index in [0.717, 1.165) is 20.5 Å². The minimum absolute atomic E-state index is 0.0258. The van der Waals surface area contributed by atoms with Crippen molar-refractivity contribution in [1.82, 2.24) is 9.80 Å². The van der Waals surface area contributed by atoms with Crippen LogP contribution in [-0.4, -0.2) is 53.6 Å². The van der Waals surface area contributed by atoms with E-state index in [-0.39, 0.29) is 31.3 Å². The van der Waals surface area contributed by atoms with Crippen molar-refractivity contribution in [3.63, 3.8) is 0 Å². The molecule has 8 heteroatoms. The Morgan fingerprint density at radius 1 is 1.03 bits per heavy atom. The third-order valence-corrected chi connectivity index (χ3v) is 5.44. The highest BCUT2D eigenvalue weighted by Gasteiger charge is 2.35. The van der Waals surface area contributed by atoms with E-state index in [1.165, 1.54) is 11.9 Å². The van der Waals surface area contributed by atoms with Gasteiger partial charge in [-0.15, -0.1) is 0 Å². The third kappa shape index (κ3) is 4.59. The summed E-state index contributed by atoms with van der Waals surface area (Å²) in [5, 5.41) is 2.78. The summed E-state index contributed by atoms with van der Waals surface area (Å²) in [5.41, 5.74) is 3.18. The second kappa shape index (κ2) is 8.79. The second-order valence-corrected chi connectivity index (χ2v) is 8.23. The Labute approximate surface area is 183 Å². The number of hydrogen-bond acceptors (Lipinski definition) is 4. The van der Waals surface area contributed by atoms with Crippen LogP contribution in [0.25, 0.3) is 0 Å². The molecule has 0 fully saturated rings. The Balaban J connectivity index is 1.54. The lowest BCUT2D eigenvalue weighted by molar-refractivity contribution is -0.133. The minimum Gasteiger partial charge on any atom is -0.336 e. The van der Waals surface area contributed by atoms with Gasteiger partial charge in [0.25, 0.3) is 11.8 Å². The zero-order valence-electron chi connectivity index (χ0n) is 17.0. The fraction of sp³-hybridized carbons (Fsp3) is 0.273. The monoisotopic (exact) mass is 471 g/mol. The fourth-order valence-electron chi connectivity index (χ4n) is 3.27. The topological polar surface area (TPSA) is 86.8 Å². The first-order valence-corrected chi connectivity index (χ1v) is 10.2. The second-order valence-electron chi connectivity index (χ2n) is 7.32. The van der Waals surface area contributed by atoms with Crippen LogP contribution in [0.2, 0.25) is 0 Å². The van der Waals surface area contributed by atoms with Crippen LogP contribution in [0.3, 0.4) is 0 Å². The highest BCUT2D eigenvalue weighted by Crippen LogP contribution is 2.24. The summed E-state index contributed by atoms with van der Waals surface area (Å²) in [5.74, 6) is -1.44. The van der Waals surface area contributed by atoms with Gasteiger partial charge >= 0.3 is 0 Å². The summed E-state index contributed by atoms with van der Waals surface area (Å²) < 4.78 is 0.911. The molecule has 0 saturated heterocycles. The number of likely N-dealkylation sites (N-methyl/N-ethyl adjacent to an activating group) is 1. The quantitative estimate of drug-likeness (QED) is 0.655. The number of hydrogen-bond donors (Lipinski definition) is 1. The van der Waals surface area contributed by atoms with E-state index in [1.807, 2.05) is 26.0 Å². The summed E-state index contributed by atoms with van der Waals surface area (Å²) >= 11 is 3.37. The summed E-state index contributed by atoms with van der Waals surface area (Å²) in [6, 6.07) is 10.6. The molecule has 1 heterocycles. The van der Waals surface area contributed by atoms with Gasteiger partial charge in [0, 0.05) is 30.2 Å². The van der Waals surface area contributed by atoms with Gasteiger partial charge in [-0.05, 0) is 49.7 Å². The zero-order chi connectivity index (χ0) is 22.0. The molecule has 3 rings (SSSR count). The maximum absolute atomic E-state index is 12.5. The number of benzene rings is 2. The molecule has 0 unspecified atom stereocenters. The van der Waals surface area contributed by atoms with Crippen LogP contribution in [0.4, 0.5) is 5.69 Å². The maximum Gasteiger partial charge on any atom is 0.261 e. The van der Waals surface area contributed by atoms with Gasteiger partial charge in [0.05, 0.1) is 17.7 Å². The van der Waals surface area contributed by atoms with Crippen LogP contribution >= 0.6 is 15.9 Å². The maximum atomic E-state index is 12.5. The Hall–Kier alpha value is -3.00. The van der Waals surface area contributed by atoms with Crippen molar-refractivity contribution in [2.45, 2.75) is 20.3 Å². The molecule has 1 aliphatic rings. The molecule has 0 aliphatic carbocycles. The Morgan fingerprint density at radius 3 is 2.43 bits per heavy atom. The first-order chi connectivity index (χ1) is 14.2. The Bertz CT molecular complexity index is 1050. The molecular weight excluding hydrogens is 450 g/mol. The number of fused-ring (bicyclic) bond motifs is 1. The van der Waals surface area contributed by atoms with Crippen LogP contribution in [0.5, 0.6) is 0 Å². The molecule has 2 aromatic rings. The van der Waals surface area contributed by atoms with Crippen LogP contribution in [0, 0.1) is 13.8 Å². The Kier molecular flexibility index (Phi) is 6.36. The molecule has 4 amide bonds. The van der Waals surface area contributed by atoms with Crippen LogP contribution in [0.1, 0.15) is 38.3 Å². The number of carbonyl (C=O) groups excluding carboxylic acids is 4. The highest BCUT2D eigenvalue weighted by atomic mass is 79.9. The molecule has 2 aromatic carbocycles. The van der Waals surface area contributed by atoms with E-state index in [0.29, 0.717) is 16.8 Å². The van der Waals surface area contributed by atoms with Crippen LogP contribution in [-0.2, 0) is 9.59 Å². The summed E-state index contributed by atoms with van der Waals surface area (Å²) in [6.07, 6.45) is -0.0501. The average Bonchev–Trinajstić information content (AvgIpc) is 2.91. The van der Waals surface area contributed by atoms with Crippen molar-refractivity contribution in [2.75, 3.05) is 25.5 Å². The van der Waals surface area contributed by atoms with Gasteiger partial charge in [0.2, 0.25) is 11.8 Å². The lowest BCUT2D eigenvalue weighted by atomic mass is 10.1. The molecule has 0 aromatic heterocycles. The number of imide groups is 1. The predicted octanol–water partition coefficient (Wildman–Crippen LogP) is 3.15. The number of nitrogens with zero attached hydrogens (tertiary/aromatic N) is 2. The van der Waals surface area contributed by atoms with E-state index in [9.17, 15) is 19.2 Å². The number of amides is 4. The molecule has 1 aliphatic heterocycles. The molecule has 0 atom stereocenters. The van der Waals surface area contributed by atoms with E-state index < -0.39 is 11.8 Å². The summed E-state index contributed by atoms with van der Waals surface area (Å²) in [6.45, 7) is 3.57. The van der Waals surface area contributed by atoms with Gasteiger partial charge in [0.1, 0.15) is 0 Å². The lowest BCUT2D eigenvalue weighted by Crippen LogP contribution is -2.38. The molecule has 0 radical (unpaired) electrons. The Morgan fingerprint density at radius 2 is 1.73 bits per heavy atom. The average molecular weight is 472 g/mol. The van der Waals surface area contributed by atoms with Crippen molar-refractivity contribution in [1.29, 1.82) is 0 Å². The molecule has 0 spiro atoms. The van der Waals surface area contributed by atoms with Gasteiger partial charge in [-0.25, -0.2) is 0 Å². The van der Waals surface area contributed by atoms with Crippen molar-refractivity contribution in [2.24, 2.45) is 0 Å². The van der Waals surface area contributed by atoms with Crippen molar-refractivity contribution >= 4 is 45.2 Å². The highest BCUT2D eigenvalue weighted by molar-refractivity contribution is 9.10. The van der Waals surface area contributed by atoms with Gasteiger partial charge in [-0.3, -0.25) is 24.1 Å². The smallest absolute Gasteiger partial charge is 0.261 e. The van der Waals surface area contributed by atoms with Crippen molar-refractivity contribution in [3.8, 4) is 0 Å². The number of carbonyl (C=O) groups is 4. The molecule has 1 N–H and O–H groups in total. The van der Waals surface area contributed by atoms with Crippen LogP contribution in [0.15, 0.2) is 40.9 Å². The standard InChI is InChI=1S/C22H22BrN3O4/c1-13-4-6-16-17(10-13)22(30)26(21(16)29)9-8-20(28)25(3)12-19(27)24-18-7-5-15(23)11-14(18)2/h4-7,10-11H,8-9,12H2,1-3H3,(H,24,27). The number of anilines is 1. The molecule has 7 nitrogen and oxygen atoms in total. The van der Waals surface area contributed by atoms with Crippen molar-refractivity contribution in [3.05, 3.63) is 63.1 Å². The number of nitrogens with one attached hydrogen (secondary N) is 1. The van der Waals surface area contributed by atoms with E-state index in [2.05, 4.69) is 21.2 Å². The van der Waals surface area contributed by atoms with Gasteiger partial charge in [-0.1, -0.05) is 27.6 Å². The largest absolute Gasteiger partial charge is 0.336 e. The number of halogens is 1. The predicted molar refractivity (Wildman–Crippen MR) is 116 cm³/mol. The van der Waals surface area contributed by atoms with E-state index >= 15 is 0 Å². The van der Waals surface area contributed by atoms with Gasteiger partial charge in [0.15, 0.2) is 0 Å². The third-order valence-electron chi connectivity index (χ3n) is 4.94. The summed E-state index contributed by atoms with van der Waals surface area (Å²) in [4.78, 5) is 52.0. The molecule has 0 bridgehead atoms. The molecule has 0 saturated carbocycles. The lowest BCUT2D eigenvalue weighted by Gasteiger charge is -2.19. The van der Waals surface area contributed by atoms with Gasteiger partial charge < -0.3 is 10.2 Å². The normalized spacial score (nSPS) is 12.7. The first kappa shape index (κ1) is 21.7. The van der Waals surface area contributed by atoms with Gasteiger partial charge in [-0.2, -0.15) is 0 Å². The minimum atomic E-state index is -0.395. The summed E-state index contributed by atoms with van der Waals surface area (Å²) in [7, 11) is 1.52. The van der Waals surface area contributed by atoms with E-state index in [4.69, 9.17) is 0 Å². The van der Waals surface area contributed by atoms with Crippen LogP contribution < -0.4 is 5.32 Å². The molecular formula is C22H22BrN3O4. The fourth-order valence-corrected chi connectivity index (χ4v) is 3.74. The zero-order valence-corrected chi connectivity index (χ0v) is 18.6. The SMILES string of the molecule is Cc1ccc2c(c1)C(=O)N(CCC(=O)N(C)CC(=O)Nc1ccc(Br)cc1C)C2=O. The first-order valence-electron chi connectivity index (χ1n) is 9.44. The molecule has 156 valence electrons. The number of aryl methyl sites for hydroxylation is 2. The van der Waals surface area contributed by atoms with Crippen molar-refractivity contribution < 1.29 is 19.2 Å². The molecule has 30 heavy (non-hydrogen) atoms. The number of rotatable bonds is 6. The van der Waals surface area contributed by atoms with E-state index in [1.54, 1.807) is 24.3 Å².